The minimum Gasteiger partial charge on any atom is -0.493 e. The molecule has 0 atom stereocenters. The molecule has 1 aliphatic carbocycles. The first-order chi connectivity index (χ1) is 11.9. The van der Waals surface area contributed by atoms with Gasteiger partial charge in [0.05, 0.1) is 7.11 Å². The van der Waals surface area contributed by atoms with Gasteiger partial charge in [0.25, 0.3) is 11.8 Å². The van der Waals surface area contributed by atoms with Crippen LogP contribution < -0.4 is 20.5 Å². The second-order valence-corrected chi connectivity index (χ2v) is 6.02. The van der Waals surface area contributed by atoms with Crippen LogP contribution in [0.15, 0.2) is 18.2 Å². The summed E-state index contributed by atoms with van der Waals surface area (Å²) in [6.45, 7) is -0.315. The average Bonchev–Trinajstić information content (AvgIpc) is 2.60. The summed E-state index contributed by atoms with van der Waals surface area (Å²) in [6.07, 6.45) is 3.30. The summed E-state index contributed by atoms with van der Waals surface area (Å²) in [5.74, 6) is -1.63. The lowest BCUT2D eigenvalue weighted by Crippen LogP contribution is -2.55. The van der Waals surface area contributed by atoms with E-state index in [0.29, 0.717) is 12.8 Å². The minimum absolute atomic E-state index is 0.245. The molecule has 1 fully saturated rings. The van der Waals surface area contributed by atoms with Crippen molar-refractivity contribution in [2.45, 2.75) is 37.6 Å². The smallest absolute Gasteiger partial charge is 0.329 e. The number of carboxylic acids is 1. The zero-order valence-electron chi connectivity index (χ0n) is 14.0. The summed E-state index contributed by atoms with van der Waals surface area (Å²) in [4.78, 5) is 35.0. The van der Waals surface area contributed by atoms with E-state index in [4.69, 9.17) is 15.2 Å². The van der Waals surface area contributed by atoms with Crippen LogP contribution in [0.5, 0.6) is 11.5 Å². The third-order valence-electron chi connectivity index (χ3n) is 4.27. The number of primary amides is 1. The Hall–Kier alpha value is -2.77. The number of carboxylic acid groups (broad SMARTS) is 1. The lowest BCUT2D eigenvalue weighted by atomic mass is 9.81. The largest absolute Gasteiger partial charge is 0.493 e. The van der Waals surface area contributed by atoms with Crippen molar-refractivity contribution in [3.05, 3.63) is 23.8 Å². The van der Waals surface area contributed by atoms with Crippen LogP contribution in [0, 0.1) is 0 Å². The van der Waals surface area contributed by atoms with Gasteiger partial charge in [-0.25, -0.2) is 4.79 Å². The number of ether oxygens (including phenoxy) is 2. The number of aliphatic carboxylic acids is 1. The van der Waals surface area contributed by atoms with Gasteiger partial charge >= 0.3 is 5.97 Å². The maximum atomic E-state index is 12.5. The number of nitrogens with one attached hydrogen (secondary N) is 1. The molecule has 1 aromatic carbocycles. The molecule has 2 amide bonds. The number of amides is 2. The molecule has 136 valence electrons. The molecule has 8 heteroatoms. The molecule has 0 spiro atoms. The van der Waals surface area contributed by atoms with E-state index in [-0.39, 0.29) is 23.7 Å². The SMILES string of the molecule is COc1cc(C(=O)NC2(C(=O)O)CCCCC2)ccc1OCC(N)=O. The third-order valence-corrected chi connectivity index (χ3v) is 4.27. The molecule has 0 saturated heterocycles. The van der Waals surface area contributed by atoms with Gasteiger partial charge in [0.15, 0.2) is 18.1 Å². The monoisotopic (exact) mass is 350 g/mol. The van der Waals surface area contributed by atoms with Gasteiger partial charge in [-0.15, -0.1) is 0 Å². The van der Waals surface area contributed by atoms with Gasteiger partial charge in [0, 0.05) is 5.56 Å². The highest BCUT2D eigenvalue weighted by Gasteiger charge is 2.41. The number of methoxy groups -OCH3 is 1. The maximum Gasteiger partial charge on any atom is 0.329 e. The molecule has 0 bridgehead atoms. The van der Waals surface area contributed by atoms with Crippen LogP contribution in [0.4, 0.5) is 0 Å². The van der Waals surface area contributed by atoms with Crippen LogP contribution in [0.2, 0.25) is 0 Å². The Morgan fingerprint density at radius 3 is 2.44 bits per heavy atom. The lowest BCUT2D eigenvalue weighted by Gasteiger charge is -2.34. The Labute approximate surface area is 145 Å². The Kier molecular flexibility index (Phi) is 5.84. The fourth-order valence-corrected chi connectivity index (χ4v) is 2.91. The Bertz CT molecular complexity index is 667. The van der Waals surface area contributed by atoms with Crippen molar-refractivity contribution in [1.29, 1.82) is 0 Å². The Morgan fingerprint density at radius 2 is 1.88 bits per heavy atom. The van der Waals surface area contributed by atoms with Gasteiger partial charge in [-0.1, -0.05) is 19.3 Å². The highest BCUT2D eigenvalue weighted by Crippen LogP contribution is 2.31. The third kappa shape index (κ3) is 4.40. The molecule has 25 heavy (non-hydrogen) atoms. The molecule has 4 N–H and O–H groups in total. The summed E-state index contributed by atoms with van der Waals surface area (Å²) >= 11 is 0. The zero-order valence-corrected chi connectivity index (χ0v) is 14.0. The predicted molar refractivity (Wildman–Crippen MR) is 88.6 cm³/mol. The molecule has 0 aromatic heterocycles. The summed E-state index contributed by atoms with van der Waals surface area (Å²) < 4.78 is 10.4. The van der Waals surface area contributed by atoms with Gasteiger partial charge in [-0.2, -0.15) is 0 Å². The van der Waals surface area contributed by atoms with E-state index in [1.807, 2.05) is 0 Å². The van der Waals surface area contributed by atoms with E-state index < -0.39 is 23.3 Å². The van der Waals surface area contributed by atoms with Crippen LogP contribution in [-0.2, 0) is 9.59 Å². The number of rotatable bonds is 7. The van der Waals surface area contributed by atoms with E-state index in [1.54, 1.807) is 0 Å². The zero-order chi connectivity index (χ0) is 18.4. The molecule has 1 saturated carbocycles. The van der Waals surface area contributed by atoms with Crippen molar-refractivity contribution in [2.75, 3.05) is 13.7 Å². The molecule has 0 heterocycles. The molecular weight excluding hydrogens is 328 g/mol. The van der Waals surface area contributed by atoms with E-state index in [1.165, 1.54) is 25.3 Å². The molecule has 0 radical (unpaired) electrons. The average molecular weight is 350 g/mol. The fraction of sp³-hybridized carbons (Fsp3) is 0.471. The molecule has 0 aliphatic heterocycles. The van der Waals surface area contributed by atoms with Crippen molar-refractivity contribution in [3.8, 4) is 11.5 Å². The van der Waals surface area contributed by atoms with Crippen molar-refractivity contribution >= 4 is 17.8 Å². The van der Waals surface area contributed by atoms with E-state index in [2.05, 4.69) is 5.32 Å². The van der Waals surface area contributed by atoms with E-state index >= 15 is 0 Å². The number of carbonyl (C=O) groups is 3. The summed E-state index contributed by atoms with van der Waals surface area (Å²) in [6, 6.07) is 4.39. The summed E-state index contributed by atoms with van der Waals surface area (Å²) in [5, 5.41) is 12.2. The number of hydrogen-bond donors (Lipinski definition) is 3. The van der Waals surface area contributed by atoms with Crippen LogP contribution >= 0.6 is 0 Å². The molecule has 8 nitrogen and oxygen atoms in total. The summed E-state index contributed by atoms with van der Waals surface area (Å²) in [7, 11) is 1.40. The van der Waals surface area contributed by atoms with E-state index in [9.17, 15) is 19.5 Å². The second kappa shape index (κ2) is 7.87. The van der Waals surface area contributed by atoms with Crippen LogP contribution in [-0.4, -0.2) is 42.1 Å². The van der Waals surface area contributed by atoms with Crippen molar-refractivity contribution in [1.82, 2.24) is 5.32 Å². The number of hydrogen-bond acceptors (Lipinski definition) is 5. The quantitative estimate of drug-likeness (QED) is 0.675. The minimum atomic E-state index is -1.23. The van der Waals surface area contributed by atoms with Crippen molar-refractivity contribution < 1.29 is 29.0 Å². The predicted octanol–water partition coefficient (Wildman–Crippen LogP) is 1.08. The first-order valence-electron chi connectivity index (χ1n) is 8.03. The standard InChI is InChI=1S/C17H22N2O6/c1-24-13-9-11(5-6-12(13)25-10-14(18)20)15(21)19-17(16(22)23)7-3-2-4-8-17/h5-6,9H,2-4,7-8,10H2,1H3,(H2,18,20)(H,19,21)(H,22,23). The van der Waals surface area contributed by atoms with Gasteiger partial charge in [0.2, 0.25) is 0 Å². The first kappa shape index (κ1) is 18.6. The van der Waals surface area contributed by atoms with Gasteiger partial charge in [-0.05, 0) is 31.0 Å². The van der Waals surface area contributed by atoms with Crippen molar-refractivity contribution in [3.63, 3.8) is 0 Å². The second-order valence-electron chi connectivity index (χ2n) is 6.02. The highest BCUT2D eigenvalue weighted by atomic mass is 16.5. The van der Waals surface area contributed by atoms with Gasteiger partial charge < -0.3 is 25.6 Å². The highest BCUT2D eigenvalue weighted by molar-refractivity contribution is 5.98. The van der Waals surface area contributed by atoms with Gasteiger partial charge in [-0.3, -0.25) is 9.59 Å². The molecule has 1 aromatic rings. The van der Waals surface area contributed by atoms with Crippen LogP contribution in [0.3, 0.4) is 0 Å². The maximum absolute atomic E-state index is 12.5. The van der Waals surface area contributed by atoms with Crippen molar-refractivity contribution in [2.24, 2.45) is 5.73 Å². The topological polar surface area (TPSA) is 128 Å². The molecule has 0 unspecified atom stereocenters. The fourth-order valence-electron chi connectivity index (χ4n) is 2.91. The lowest BCUT2D eigenvalue weighted by molar-refractivity contribution is -0.146. The molecular formula is C17H22N2O6. The normalized spacial score (nSPS) is 15.9. The van der Waals surface area contributed by atoms with Gasteiger partial charge in [0.1, 0.15) is 5.54 Å². The molecule has 1 aliphatic rings. The molecule has 2 rings (SSSR count). The number of benzene rings is 1. The number of nitrogens with two attached hydrogens (primary N) is 1. The summed E-state index contributed by atoms with van der Waals surface area (Å²) in [5.41, 5.74) is 4.04. The number of carbonyl (C=O) groups excluding carboxylic acids is 2. The Morgan fingerprint density at radius 1 is 1.20 bits per heavy atom. The van der Waals surface area contributed by atoms with Crippen LogP contribution in [0.1, 0.15) is 42.5 Å². The Balaban J connectivity index is 2.18. The first-order valence-corrected chi connectivity index (χ1v) is 8.03. The van der Waals surface area contributed by atoms with Crippen LogP contribution in [0.25, 0.3) is 0 Å². The van der Waals surface area contributed by atoms with E-state index in [0.717, 1.165) is 19.3 Å².